The maximum atomic E-state index is 12.6. The molecule has 0 fully saturated rings. The molecule has 2 rings (SSSR count). The number of rotatable bonds is 1. The first-order chi connectivity index (χ1) is 8.79. The van der Waals surface area contributed by atoms with Crippen LogP contribution in [0.25, 0.3) is 11.1 Å². The number of anilines is 1. The molecule has 0 bridgehead atoms. The molecule has 0 aromatic heterocycles. The molecule has 2 nitrogen and oxygen atoms in total. The number of phenolic OH excluding ortho intramolecular Hbond substituents is 1. The minimum absolute atomic E-state index is 0.0137. The number of alkyl halides is 3. The fourth-order valence-electron chi connectivity index (χ4n) is 1.68. The van der Waals surface area contributed by atoms with Gasteiger partial charge >= 0.3 is 6.18 Å². The van der Waals surface area contributed by atoms with Gasteiger partial charge in [-0.25, -0.2) is 0 Å². The van der Waals surface area contributed by atoms with E-state index in [4.69, 9.17) is 17.3 Å². The summed E-state index contributed by atoms with van der Waals surface area (Å²) in [6.07, 6.45) is -4.48. The normalized spacial score (nSPS) is 11.6. The first-order valence-electron chi connectivity index (χ1n) is 5.24. The van der Waals surface area contributed by atoms with Crippen LogP contribution in [-0.4, -0.2) is 5.11 Å². The monoisotopic (exact) mass is 287 g/mol. The summed E-state index contributed by atoms with van der Waals surface area (Å²) in [5.41, 5.74) is 5.36. The number of benzene rings is 2. The lowest BCUT2D eigenvalue weighted by molar-refractivity contribution is -0.137. The molecule has 0 aliphatic heterocycles. The van der Waals surface area contributed by atoms with E-state index in [9.17, 15) is 18.3 Å². The van der Waals surface area contributed by atoms with Crippen molar-refractivity contribution in [2.45, 2.75) is 6.18 Å². The van der Waals surface area contributed by atoms with Gasteiger partial charge in [0, 0.05) is 16.8 Å². The zero-order valence-corrected chi connectivity index (χ0v) is 10.3. The van der Waals surface area contributed by atoms with E-state index in [0.717, 1.165) is 18.2 Å². The summed E-state index contributed by atoms with van der Waals surface area (Å²) in [5.74, 6) is -0.278. The van der Waals surface area contributed by atoms with Crippen LogP contribution in [0.2, 0.25) is 5.02 Å². The predicted molar refractivity (Wildman–Crippen MR) is 68.0 cm³/mol. The van der Waals surface area contributed by atoms with Crippen molar-refractivity contribution in [2.24, 2.45) is 0 Å². The molecule has 0 radical (unpaired) electrons. The quantitative estimate of drug-likeness (QED) is 0.768. The Kier molecular flexibility index (Phi) is 3.32. The van der Waals surface area contributed by atoms with Gasteiger partial charge in [-0.15, -0.1) is 0 Å². The molecule has 0 saturated heterocycles. The van der Waals surface area contributed by atoms with Crippen molar-refractivity contribution in [2.75, 3.05) is 5.73 Å². The Balaban J connectivity index is 2.61. The molecule has 100 valence electrons. The molecule has 0 heterocycles. The second kappa shape index (κ2) is 4.66. The van der Waals surface area contributed by atoms with Gasteiger partial charge in [0.2, 0.25) is 0 Å². The lowest BCUT2D eigenvalue weighted by Gasteiger charge is -2.12. The number of hydrogen-bond donors (Lipinski definition) is 2. The van der Waals surface area contributed by atoms with Crippen LogP contribution in [0.15, 0.2) is 36.4 Å². The van der Waals surface area contributed by atoms with Crippen LogP contribution in [0.4, 0.5) is 18.9 Å². The molecular weight excluding hydrogens is 279 g/mol. The zero-order valence-electron chi connectivity index (χ0n) is 9.50. The number of hydrogen-bond acceptors (Lipinski definition) is 2. The SMILES string of the molecule is Nc1ccc(-c2cc(C(F)(F)F)ccc2O)c(Cl)c1. The summed E-state index contributed by atoms with van der Waals surface area (Å²) in [6, 6.07) is 7.03. The summed E-state index contributed by atoms with van der Waals surface area (Å²) in [5, 5.41) is 9.87. The molecule has 2 aromatic carbocycles. The third kappa shape index (κ3) is 2.76. The van der Waals surface area contributed by atoms with Crippen LogP contribution >= 0.6 is 11.6 Å². The number of phenols is 1. The summed E-state index contributed by atoms with van der Waals surface area (Å²) in [6.45, 7) is 0. The summed E-state index contributed by atoms with van der Waals surface area (Å²) < 4.78 is 37.9. The van der Waals surface area contributed by atoms with Gasteiger partial charge in [0.15, 0.2) is 0 Å². The van der Waals surface area contributed by atoms with Crippen LogP contribution in [0, 0.1) is 0 Å². The second-order valence-corrected chi connectivity index (χ2v) is 4.38. The minimum Gasteiger partial charge on any atom is -0.507 e. The van der Waals surface area contributed by atoms with Crippen LogP contribution < -0.4 is 5.73 Å². The molecule has 6 heteroatoms. The third-order valence-electron chi connectivity index (χ3n) is 2.61. The fourth-order valence-corrected chi connectivity index (χ4v) is 1.97. The smallest absolute Gasteiger partial charge is 0.416 e. The van der Waals surface area contributed by atoms with Crippen LogP contribution in [-0.2, 0) is 6.18 Å². The second-order valence-electron chi connectivity index (χ2n) is 3.97. The van der Waals surface area contributed by atoms with Crippen LogP contribution in [0.3, 0.4) is 0 Å². The van der Waals surface area contributed by atoms with Crippen molar-refractivity contribution in [3.8, 4) is 16.9 Å². The maximum absolute atomic E-state index is 12.6. The molecule has 0 unspecified atom stereocenters. The van der Waals surface area contributed by atoms with E-state index in [2.05, 4.69) is 0 Å². The number of nitrogens with two attached hydrogens (primary N) is 1. The van der Waals surface area contributed by atoms with Crippen molar-refractivity contribution >= 4 is 17.3 Å². The molecule has 2 aromatic rings. The van der Waals surface area contributed by atoms with E-state index in [-0.39, 0.29) is 16.3 Å². The number of halogens is 4. The largest absolute Gasteiger partial charge is 0.507 e. The lowest BCUT2D eigenvalue weighted by atomic mass is 10.0. The molecule has 0 amide bonds. The van der Waals surface area contributed by atoms with Gasteiger partial charge in [-0.3, -0.25) is 0 Å². The average molecular weight is 288 g/mol. The Labute approximate surface area is 112 Å². The molecule has 0 atom stereocenters. The highest BCUT2D eigenvalue weighted by Gasteiger charge is 2.31. The molecular formula is C13H9ClF3NO. The van der Waals surface area contributed by atoms with Crippen LogP contribution in [0.1, 0.15) is 5.56 Å². The minimum atomic E-state index is -4.48. The highest BCUT2D eigenvalue weighted by atomic mass is 35.5. The van der Waals surface area contributed by atoms with E-state index in [1.54, 1.807) is 0 Å². The molecule has 19 heavy (non-hydrogen) atoms. The number of nitrogen functional groups attached to an aromatic ring is 1. The highest BCUT2D eigenvalue weighted by Crippen LogP contribution is 2.39. The van der Waals surface area contributed by atoms with Crippen molar-refractivity contribution in [1.29, 1.82) is 0 Å². The van der Waals surface area contributed by atoms with Crippen LogP contribution in [0.5, 0.6) is 5.75 Å². The Morgan fingerprint density at radius 1 is 1.00 bits per heavy atom. The van der Waals surface area contributed by atoms with Gasteiger partial charge < -0.3 is 10.8 Å². The number of aromatic hydroxyl groups is 1. The first-order valence-corrected chi connectivity index (χ1v) is 5.62. The van der Waals surface area contributed by atoms with Gasteiger partial charge in [-0.05, 0) is 30.3 Å². The van der Waals surface area contributed by atoms with Crippen molar-refractivity contribution in [3.05, 3.63) is 47.0 Å². The van der Waals surface area contributed by atoms with Gasteiger partial charge in [0.05, 0.1) is 10.6 Å². The zero-order chi connectivity index (χ0) is 14.2. The molecule has 0 aliphatic carbocycles. The van der Waals surface area contributed by atoms with Gasteiger partial charge in [-0.2, -0.15) is 13.2 Å². The highest BCUT2D eigenvalue weighted by molar-refractivity contribution is 6.33. The van der Waals surface area contributed by atoms with E-state index in [1.807, 2.05) is 0 Å². The maximum Gasteiger partial charge on any atom is 0.416 e. The van der Waals surface area contributed by atoms with Gasteiger partial charge in [-0.1, -0.05) is 17.7 Å². The average Bonchev–Trinajstić information content (AvgIpc) is 2.29. The van der Waals surface area contributed by atoms with E-state index < -0.39 is 11.7 Å². The van der Waals surface area contributed by atoms with E-state index >= 15 is 0 Å². The third-order valence-corrected chi connectivity index (χ3v) is 2.92. The predicted octanol–water partition coefficient (Wildman–Crippen LogP) is 4.31. The van der Waals surface area contributed by atoms with Crippen molar-refractivity contribution in [1.82, 2.24) is 0 Å². The van der Waals surface area contributed by atoms with Gasteiger partial charge in [0.1, 0.15) is 5.75 Å². The molecule has 0 aliphatic rings. The Morgan fingerprint density at radius 3 is 2.26 bits per heavy atom. The molecule has 0 saturated carbocycles. The van der Waals surface area contributed by atoms with Gasteiger partial charge in [0.25, 0.3) is 0 Å². The summed E-state index contributed by atoms with van der Waals surface area (Å²) in [4.78, 5) is 0. The summed E-state index contributed by atoms with van der Waals surface area (Å²) >= 11 is 5.93. The Morgan fingerprint density at radius 2 is 1.68 bits per heavy atom. The van der Waals surface area contributed by atoms with Crippen molar-refractivity contribution < 1.29 is 18.3 Å². The Hall–Kier alpha value is -1.88. The fraction of sp³-hybridized carbons (Fsp3) is 0.0769. The standard InChI is InChI=1S/C13H9ClF3NO/c14-11-6-8(18)2-3-9(11)10-5-7(13(15,16)17)1-4-12(10)19/h1-6,19H,18H2. The topological polar surface area (TPSA) is 46.2 Å². The Bertz CT molecular complexity index is 626. The molecule has 0 spiro atoms. The first kappa shape index (κ1) is 13.5. The summed E-state index contributed by atoms with van der Waals surface area (Å²) in [7, 11) is 0. The lowest BCUT2D eigenvalue weighted by Crippen LogP contribution is -2.04. The molecule has 3 N–H and O–H groups in total. The van der Waals surface area contributed by atoms with E-state index in [0.29, 0.717) is 11.3 Å². The van der Waals surface area contributed by atoms with Crippen molar-refractivity contribution in [3.63, 3.8) is 0 Å². The van der Waals surface area contributed by atoms with E-state index in [1.165, 1.54) is 18.2 Å².